The van der Waals surface area contributed by atoms with Crippen LogP contribution in [-0.2, 0) is 11.0 Å². The Bertz CT molecular complexity index is 1470. The summed E-state index contributed by atoms with van der Waals surface area (Å²) < 4.78 is 41.3. The van der Waals surface area contributed by atoms with E-state index in [1.54, 1.807) is 49.0 Å². The summed E-state index contributed by atoms with van der Waals surface area (Å²) in [7, 11) is 0. The summed E-state index contributed by atoms with van der Waals surface area (Å²) >= 11 is 1.17. The summed E-state index contributed by atoms with van der Waals surface area (Å²) in [6.45, 7) is 3.51. The number of aliphatic imine (C=N–C) groups is 1. The van der Waals surface area contributed by atoms with Gasteiger partial charge in [0.25, 0.3) is 5.91 Å². The van der Waals surface area contributed by atoms with Crippen LogP contribution in [0, 0.1) is 19.3 Å². The number of benzene rings is 1. The van der Waals surface area contributed by atoms with Crippen molar-refractivity contribution in [3.63, 3.8) is 0 Å². The summed E-state index contributed by atoms with van der Waals surface area (Å²) in [6, 6.07) is 10.4. The first kappa shape index (κ1) is 22.8. The van der Waals surface area contributed by atoms with E-state index in [1.807, 2.05) is 6.07 Å². The van der Waals surface area contributed by atoms with E-state index in [-0.39, 0.29) is 16.6 Å². The molecular formula is C24H17F3N6OS. The number of aromatic nitrogens is 2. The molecule has 2 aliphatic rings. The van der Waals surface area contributed by atoms with Crippen molar-refractivity contribution in [2.24, 2.45) is 10.1 Å². The summed E-state index contributed by atoms with van der Waals surface area (Å²) in [5, 5.41) is 15.2. The van der Waals surface area contributed by atoms with Gasteiger partial charge in [0.2, 0.25) is 5.17 Å². The number of nitrogens with one attached hydrogen (secondary N) is 1. The van der Waals surface area contributed by atoms with E-state index in [0.717, 1.165) is 17.7 Å². The molecule has 11 heteroatoms. The lowest BCUT2D eigenvalue weighted by Crippen LogP contribution is -2.35. The van der Waals surface area contributed by atoms with Crippen LogP contribution in [0.2, 0.25) is 0 Å². The monoisotopic (exact) mass is 494 g/mol. The fourth-order valence-electron chi connectivity index (χ4n) is 3.91. The van der Waals surface area contributed by atoms with Crippen LogP contribution in [0.4, 0.5) is 13.2 Å². The molecule has 2 aliphatic heterocycles. The number of hydrogen-bond acceptors (Lipinski definition) is 5. The summed E-state index contributed by atoms with van der Waals surface area (Å²) in [6.07, 6.45) is 0.337. The fourth-order valence-corrected chi connectivity index (χ4v) is 4.79. The molecule has 0 aliphatic carbocycles. The first-order chi connectivity index (χ1) is 16.6. The average Bonchev–Trinajstić information content (AvgIpc) is 3.37. The van der Waals surface area contributed by atoms with Crippen LogP contribution in [0.3, 0.4) is 0 Å². The highest BCUT2D eigenvalue weighted by atomic mass is 32.2. The molecule has 176 valence electrons. The molecule has 2 aromatic heterocycles. The Morgan fingerprint density at radius 1 is 1.11 bits per heavy atom. The largest absolute Gasteiger partial charge is 0.416 e. The third-order valence-corrected chi connectivity index (χ3v) is 6.52. The van der Waals surface area contributed by atoms with Gasteiger partial charge >= 0.3 is 6.18 Å². The minimum absolute atomic E-state index is 0.0369. The number of thioether (sulfide) groups is 1. The predicted octanol–water partition coefficient (Wildman–Crippen LogP) is 5.18. The second kappa shape index (κ2) is 8.35. The van der Waals surface area contributed by atoms with Crippen molar-refractivity contribution in [1.82, 2.24) is 14.6 Å². The van der Waals surface area contributed by atoms with Gasteiger partial charge in [-0.2, -0.15) is 28.3 Å². The van der Waals surface area contributed by atoms with Gasteiger partial charge in [0.1, 0.15) is 5.04 Å². The second-order valence-electron chi connectivity index (χ2n) is 7.88. The number of carbonyl (C=O) groups is 1. The molecule has 0 saturated carbocycles. The lowest BCUT2D eigenvalue weighted by atomic mass is 10.1. The van der Waals surface area contributed by atoms with Crippen molar-refractivity contribution >= 4 is 39.8 Å². The maximum atomic E-state index is 13.2. The molecule has 0 spiro atoms. The highest BCUT2D eigenvalue weighted by Crippen LogP contribution is 2.33. The average molecular weight is 495 g/mol. The van der Waals surface area contributed by atoms with Gasteiger partial charge in [-0.1, -0.05) is 6.07 Å². The van der Waals surface area contributed by atoms with Crippen LogP contribution in [0.25, 0.3) is 11.8 Å². The van der Waals surface area contributed by atoms with Crippen molar-refractivity contribution in [1.29, 1.82) is 5.41 Å². The Hall–Kier alpha value is -3.99. The topological polar surface area (TPSA) is 86.7 Å². The molecule has 1 amide bonds. The lowest BCUT2D eigenvalue weighted by molar-refractivity contribution is -0.137. The highest BCUT2D eigenvalue weighted by molar-refractivity contribution is 8.27. The number of amidine groups is 2. The van der Waals surface area contributed by atoms with Gasteiger partial charge in [0.05, 0.1) is 11.1 Å². The molecule has 0 saturated heterocycles. The molecule has 4 heterocycles. The molecule has 7 nitrogen and oxygen atoms in total. The maximum Gasteiger partial charge on any atom is 0.416 e. The molecule has 0 radical (unpaired) electrons. The van der Waals surface area contributed by atoms with Gasteiger partial charge < -0.3 is 4.57 Å². The number of hydrazone groups is 1. The van der Waals surface area contributed by atoms with Crippen LogP contribution >= 0.6 is 11.8 Å². The smallest absolute Gasteiger partial charge is 0.318 e. The molecule has 1 N–H and O–H groups in total. The minimum atomic E-state index is -4.46. The zero-order valence-corrected chi connectivity index (χ0v) is 19.3. The molecule has 5 rings (SSSR count). The highest BCUT2D eigenvalue weighted by Gasteiger charge is 2.36. The van der Waals surface area contributed by atoms with E-state index in [9.17, 15) is 18.0 Å². The zero-order valence-electron chi connectivity index (χ0n) is 18.5. The third kappa shape index (κ3) is 4.08. The number of pyridine rings is 1. The molecule has 3 aromatic rings. The first-order valence-corrected chi connectivity index (χ1v) is 11.2. The summed E-state index contributed by atoms with van der Waals surface area (Å²) in [5.41, 5.74) is 2.28. The standard InChI is InChI=1S/C24H17F3N6OS/c1-13-9-16(14(2)32(13)18-7-3-6-17(11-18)24(25,26)27)10-19-20(28)33-23(30-21(19)34)35-22(31-33)15-5-4-8-29-12-15/h3-12,28H,1-2H3/b19-10-,28-20?. The number of nitrogens with zero attached hydrogens (tertiary/aromatic N) is 5. The Labute approximate surface area is 202 Å². The Kier molecular flexibility index (Phi) is 5.43. The summed E-state index contributed by atoms with van der Waals surface area (Å²) in [4.78, 5) is 21.0. The quantitative estimate of drug-likeness (QED) is 0.509. The molecule has 35 heavy (non-hydrogen) atoms. The van der Waals surface area contributed by atoms with Gasteiger partial charge in [-0.05, 0) is 73.6 Å². The van der Waals surface area contributed by atoms with Gasteiger partial charge in [-0.25, -0.2) is 0 Å². The molecule has 1 aromatic carbocycles. The predicted molar refractivity (Wildman–Crippen MR) is 129 cm³/mol. The number of fused-ring (bicyclic) bond motifs is 1. The normalized spacial score (nSPS) is 17.1. The number of amides is 1. The maximum absolute atomic E-state index is 13.2. The number of alkyl halides is 3. The van der Waals surface area contributed by atoms with Crippen LogP contribution in [-0.4, -0.2) is 36.5 Å². The zero-order chi connectivity index (χ0) is 24.9. The SMILES string of the molecule is Cc1cc(/C=C2/C(=N)N3N=C(c4cccnc4)SC3=NC2=O)c(C)n1-c1cccc(C(F)(F)F)c1. The fraction of sp³-hybridized carbons (Fsp3) is 0.125. The van der Waals surface area contributed by atoms with E-state index in [4.69, 9.17) is 5.41 Å². The van der Waals surface area contributed by atoms with Crippen molar-refractivity contribution in [2.45, 2.75) is 20.0 Å². The molecule has 0 bridgehead atoms. The van der Waals surface area contributed by atoms with E-state index < -0.39 is 17.6 Å². The minimum Gasteiger partial charge on any atom is -0.318 e. The van der Waals surface area contributed by atoms with E-state index in [1.165, 1.54) is 28.9 Å². The van der Waals surface area contributed by atoms with E-state index >= 15 is 0 Å². The number of aryl methyl sites for hydroxylation is 1. The number of hydrogen-bond donors (Lipinski definition) is 1. The Morgan fingerprint density at radius 2 is 1.91 bits per heavy atom. The number of halogens is 3. The van der Waals surface area contributed by atoms with Crippen molar-refractivity contribution in [3.8, 4) is 5.69 Å². The van der Waals surface area contributed by atoms with Gasteiger partial charge in [0, 0.05) is 35.0 Å². The van der Waals surface area contributed by atoms with Gasteiger partial charge in [-0.15, -0.1) is 0 Å². The second-order valence-corrected chi connectivity index (χ2v) is 8.83. The molecule has 0 fully saturated rings. The van der Waals surface area contributed by atoms with E-state index in [0.29, 0.717) is 27.7 Å². The van der Waals surface area contributed by atoms with Crippen LogP contribution in [0.15, 0.2) is 70.5 Å². The Balaban J connectivity index is 1.51. The third-order valence-electron chi connectivity index (χ3n) is 5.56. The molecule has 0 unspecified atom stereocenters. The molecular weight excluding hydrogens is 477 g/mol. The van der Waals surface area contributed by atoms with Crippen LogP contribution < -0.4 is 0 Å². The van der Waals surface area contributed by atoms with Crippen molar-refractivity contribution < 1.29 is 18.0 Å². The summed E-state index contributed by atoms with van der Waals surface area (Å²) in [5.74, 6) is -0.712. The molecule has 0 atom stereocenters. The van der Waals surface area contributed by atoms with E-state index in [2.05, 4.69) is 15.1 Å². The van der Waals surface area contributed by atoms with Crippen molar-refractivity contribution in [2.75, 3.05) is 0 Å². The van der Waals surface area contributed by atoms with Crippen molar-refractivity contribution in [3.05, 3.63) is 88.5 Å². The van der Waals surface area contributed by atoms with Crippen LogP contribution in [0.1, 0.15) is 28.1 Å². The van der Waals surface area contributed by atoms with Crippen LogP contribution in [0.5, 0.6) is 0 Å². The number of rotatable bonds is 3. The number of carbonyl (C=O) groups excluding carboxylic acids is 1. The lowest BCUT2D eigenvalue weighted by Gasteiger charge is -2.20. The van der Waals surface area contributed by atoms with Gasteiger partial charge in [0.15, 0.2) is 5.84 Å². The van der Waals surface area contributed by atoms with Gasteiger partial charge in [-0.3, -0.25) is 15.2 Å². The first-order valence-electron chi connectivity index (χ1n) is 10.4. The Morgan fingerprint density at radius 3 is 2.63 bits per heavy atom.